The minimum atomic E-state index is -0.523. The molecule has 1 aromatic rings. The molecular formula is C6H7ClN2O2S. The third-order valence-corrected chi connectivity index (χ3v) is 1.79. The van der Waals surface area contributed by atoms with Crippen molar-refractivity contribution in [2.45, 2.75) is 0 Å². The molecule has 12 heavy (non-hydrogen) atoms. The molecule has 0 fully saturated rings. The number of amides is 1. The summed E-state index contributed by atoms with van der Waals surface area (Å²) in [5.41, 5.74) is 0. The molecular weight excluding hydrogens is 200 g/mol. The SMILES string of the molecule is O=C(Nc1nccs1)OCCCl. The zero-order valence-electron chi connectivity index (χ0n) is 6.12. The minimum absolute atomic E-state index is 0.207. The monoisotopic (exact) mass is 206 g/mol. The number of rotatable bonds is 3. The summed E-state index contributed by atoms with van der Waals surface area (Å²) in [6.45, 7) is 0.207. The maximum absolute atomic E-state index is 10.8. The Morgan fingerprint density at radius 1 is 1.83 bits per heavy atom. The Kier molecular flexibility index (Phi) is 3.83. The van der Waals surface area contributed by atoms with Gasteiger partial charge in [-0.25, -0.2) is 9.78 Å². The molecule has 0 aliphatic heterocycles. The van der Waals surface area contributed by atoms with Gasteiger partial charge in [-0.1, -0.05) is 0 Å². The largest absolute Gasteiger partial charge is 0.448 e. The summed E-state index contributed by atoms with van der Waals surface area (Å²) < 4.78 is 4.65. The van der Waals surface area contributed by atoms with Gasteiger partial charge in [0.05, 0.1) is 5.88 Å². The summed E-state index contributed by atoms with van der Waals surface area (Å²) in [4.78, 5) is 14.7. The third-order valence-electron chi connectivity index (χ3n) is 0.952. The Balaban J connectivity index is 2.27. The first kappa shape index (κ1) is 9.28. The molecule has 1 rings (SSSR count). The van der Waals surface area contributed by atoms with Crippen molar-refractivity contribution < 1.29 is 9.53 Å². The van der Waals surface area contributed by atoms with Crippen LogP contribution in [-0.2, 0) is 4.74 Å². The number of halogens is 1. The van der Waals surface area contributed by atoms with Crippen LogP contribution in [0.25, 0.3) is 0 Å². The molecule has 0 saturated carbocycles. The summed E-state index contributed by atoms with van der Waals surface area (Å²) in [6.07, 6.45) is 1.08. The normalized spacial score (nSPS) is 9.42. The van der Waals surface area contributed by atoms with Gasteiger partial charge in [-0.15, -0.1) is 22.9 Å². The second kappa shape index (κ2) is 4.95. The maximum atomic E-state index is 10.8. The lowest BCUT2D eigenvalue weighted by Crippen LogP contribution is -2.14. The molecule has 1 heterocycles. The summed E-state index contributed by atoms with van der Waals surface area (Å²) in [5.74, 6) is 0.297. The number of aromatic nitrogens is 1. The molecule has 0 spiro atoms. The number of anilines is 1. The van der Waals surface area contributed by atoms with Crippen LogP contribution < -0.4 is 5.32 Å². The average molecular weight is 207 g/mol. The average Bonchev–Trinajstić information content (AvgIpc) is 2.53. The number of carbonyl (C=O) groups is 1. The lowest BCUT2D eigenvalue weighted by atomic mass is 10.8. The first-order chi connectivity index (χ1) is 5.83. The molecule has 1 N–H and O–H groups in total. The van der Waals surface area contributed by atoms with Gasteiger partial charge in [0.25, 0.3) is 0 Å². The number of carbonyl (C=O) groups excluding carboxylic acids is 1. The Labute approximate surface area is 78.5 Å². The number of nitrogens with zero attached hydrogens (tertiary/aromatic N) is 1. The quantitative estimate of drug-likeness (QED) is 0.769. The Bertz CT molecular complexity index is 240. The van der Waals surface area contributed by atoms with Crippen molar-refractivity contribution in [3.63, 3.8) is 0 Å². The lowest BCUT2D eigenvalue weighted by molar-refractivity contribution is 0.168. The minimum Gasteiger partial charge on any atom is -0.448 e. The van der Waals surface area contributed by atoms with E-state index >= 15 is 0 Å². The Morgan fingerprint density at radius 2 is 2.67 bits per heavy atom. The van der Waals surface area contributed by atoms with Gasteiger partial charge in [0.2, 0.25) is 0 Å². The summed E-state index contributed by atoms with van der Waals surface area (Å²) in [5, 5.41) is 4.73. The van der Waals surface area contributed by atoms with Crippen LogP contribution in [0.2, 0.25) is 0 Å². The van der Waals surface area contributed by atoms with Crippen molar-refractivity contribution in [3.05, 3.63) is 11.6 Å². The maximum Gasteiger partial charge on any atom is 0.413 e. The predicted molar refractivity (Wildman–Crippen MR) is 47.8 cm³/mol. The number of hydrogen-bond acceptors (Lipinski definition) is 4. The smallest absolute Gasteiger partial charge is 0.413 e. The molecule has 0 radical (unpaired) electrons. The van der Waals surface area contributed by atoms with Gasteiger partial charge in [0.1, 0.15) is 6.61 Å². The van der Waals surface area contributed by atoms with Crippen molar-refractivity contribution in [2.24, 2.45) is 0 Å². The second-order valence-corrected chi connectivity index (χ2v) is 3.06. The number of alkyl halides is 1. The molecule has 0 aliphatic rings. The van der Waals surface area contributed by atoms with E-state index in [2.05, 4.69) is 15.0 Å². The molecule has 1 amide bonds. The number of hydrogen-bond donors (Lipinski definition) is 1. The molecule has 0 saturated heterocycles. The van der Waals surface area contributed by atoms with Crippen molar-refractivity contribution in [3.8, 4) is 0 Å². The number of thiazole rings is 1. The van der Waals surface area contributed by atoms with E-state index in [1.165, 1.54) is 11.3 Å². The first-order valence-electron chi connectivity index (χ1n) is 3.22. The van der Waals surface area contributed by atoms with Crippen LogP contribution >= 0.6 is 22.9 Å². The van der Waals surface area contributed by atoms with Gasteiger partial charge < -0.3 is 4.74 Å². The van der Waals surface area contributed by atoms with Crippen LogP contribution in [0.5, 0.6) is 0 Å². The highest BCUT2D eigenvalue weighted by Crippen LogP contribution is 2.09. The summed E-state index contributed by atoms with van der Waals surface area (Å²) in [7, 11) is 0. The highest BCUT2D eigenvalue weighted by molar-refractivity contribution is 7.13. The number of ether oxygens (including phenoxy) is 1. The number of nitrogens with one attached hydrogen (secondary N) is 1. The fourth-order valence-corrected chi connectivity index (χ4v) is 1.13. The molecule has 0 aromatic carbocycles. The molecule has 0 bridgehead atoms. The van der Waals surface area contributed by atoms with Crippen LogP contribution in [0.1, 0.15) is 0 Å². The first-order valence-corrected chi connectivity index (χ1v) is 4.63. The van der Waals surface area contributed by atoms with Gasteiger partial charge in [-0.2, -0.15) is 0 Å². The fourth-order valence-electron chi connectivity index (χ4n) is 0.540. The van der Waals surface area contributed by atoms with Gasteiger partial charge in [-0.3, -0.25) is 5.32 Å². The summed E-state index contributed by atoms with van der Waals surface area (Å²) >= 11 is 6.64. The van der Waals surface area contributed by atoms with Crippen LogP contribution in [0.15, 0.2) is 11.6 Å². The van der Waals surface area contributed by atoms with Crippen molar-refractivity contribution >= 4 is 34.2 Å². The zero-order chi connectivity index (χ0) is 8.81. The van der Waals surface area contributed by atoms with Gasteiger partial charge in [0, 0.05) is 11.6 Å². The highest BCUT2D eigenvalue weighted by Gasteiger charge is 2.02. The topological polar surface area (TPSA) is 51.2 Å². The second-order valence-electron chi connectivity index (χ2n) is 1.79. The fraction of sp³-hybridized carbons (Fsp3) is 0.333. The molecule has 66 valence electrons. The molecule has 1 aromatic heterocycles. The van der Waals surface area contributed by atoms with Gasteiger partial charge >= 0.3 is 6.09 Å². The lowest BCUT2D eigenvalue weighted by Gasteiger charge is -2.00. The van der Waals surface area contributed by atoms with Crippen LogP contribution in [-0.4, -0.2) is 23.6 Å². The predicted octanol–water partition coefficient (Wildman–Crippen LogP) is 1.93. The van der Waals surface area contributed by atoms with Crippen LogP contribution in [0.4, 0.5) is 9.93 Å². The molecule has 0 unspecified atom stereocenters. The molecule has 6 heteroatoms. The van der Waals surface area contributed by atoms with E-state index in [9.17, 15) is 4.79 Å². The van der Waals surface area contributed by atoms with Crippen molar-refractivity contribution in [1.29, 1.82) is 0 Å². The van der Waals surface area contributed by atoms with E-state index in [0.717, 1.165) is 0 Å². The zero-order valence-corrected chi connectivity index (χ0v) is 7.69. The van der Waals surface area contributed by atoms with Gasteiger partial charge in [0.15, 0.2) is 5.13 Å². The van der Waals surface area contributed by atoms with Gasteiger partial charge in [-0.05, 0) is 0 Å². The van der Waals surface area contributed by atoms with E-state index in [4.69, 9.17) is 11.6 Å². The van der Waals surface area contributed by atoms with E-state index in [-0.39, 0.29) is 6.61 Å². The Hall–Kier alpha value is -0.810. The van der Waals surface area contributed by atoms with Crippen molar-refractivity contribution in [1.82, 2.24) is 4.98 Å². The summed E-state index contributed by atoms with van der Waals surface area (Å²) in [6, 6.07) is 0. The third kappa shape index (κ3) is 3.06. The van der Waals surface area contributed by atoms with E-state index in [1.807, 2.05) is 0 Å². The van der Waals surface area contributed by atoms with E-state index < -0.39 is 6.09 Å². The van der Waals surface area contributed by atoms with E-state index in [1.54, 1.807) is 11.6 Å². The van der Waals surface area contributed by atoms with E-state index in [0.29, 0.717) is 11.0 Å². The van der Waals surface area contributed by atoms with Crippen molar-refractivity contribution in [2.75, 3.05) is 17.8 Å². The highest BCUT2D eigenvalue weighted by atomic mass is 35.5. The van der Waals surface area contributed by atoms with Crippen LogP contribution in [0.3, 0.4) is 0 Å². The van der Waals surface area contributed by atoms with Crippen LogP contribution in [0, 0.1) is 0 Å². The molecule has 4 nitrogen and oxygen atoms in total. The molecule has 0 aliphatic carbocycles. The Morgan fingerprint density at radius 3 is 3.25 bits per heavy atom. The standard InChI is InChI=1S/C6H7ClN2O2S/c7-1-3-11-6(10)9-5-8-2-4-12-5/h2,4H,1,3H2,(H,8,9,10). The molecule has 0 atom stereocenters.